The van der Waals surface area contributed by atoms with Crippen molar-refractivity contribution < 1.29 is 32.6 Å². The molecule has 0 saturated carbocycles. The number of nitrogens with one attached hydrogen (secondary N) is 2. The van der Waals surface area contributed by atoms with Crippen LogP contribution < -0.4 is 15.4 Å². The Morgan fingerprint density at radius 1 is 1.00 bits per heavy atom. The number of halogens is 2. The number of alkyl halides is 2. The van der Waals surface area contributed by atoms with Gasteiger partial charge in [0.15, 0.2) is 6.10 Å². The number of benzene rings is 2. The fourth-order valence-electron chi connectivity index (χ4n) is 2.16. The van der Waals surface area contributed by atoms with Crippen molar-refractivity contribution in [2.24, 2.45) is 0 Å². The van der Waals surface area contributed by atoms with E-state index in [0.29, 0.717) is 5.69 Å². The number of anilines is 1. The molecule has 0 unspecified atom stereocenters. The summed E-state index contributed by atoms with van der Waals surface area (Å²) in [6.07, 6.45) is -1.10. The zero-order valence-electron chi connectivity index (χ0n) is 14.9. The number of carbonyl (C=O) groups excluding carboxylic acids is 3. The van der Waals surface area contributed by atoms with Gasteiger partial charge in [-0.3, -0.25) is 14.4 Å². The minimum atomic E-state index is -3.09. The normalized spacial score (nSPS) is 11.4. The van der Waals surface area contributed by atoms with Crippen molar-refractivity contribution in [3.05, 3.63) is 60.2 Å². The Hall–Kier alpha value is -3.49. The molecule has 0 spiro atoms. The number of ether oxygens (including phenoxy) is 2. The van der Waals surface area contributed by atoms with Crippen LogP contribution in [0.2, 0.25) is 0 Å². The topological polar surface area (TPSA) is 93.7 Å². The number of rotatable bonds is 8. The van der Waals surface area contributed by atoms with E-state index in [4.69, 9.17) is 4.74 Å². The summed E-state index contributed by atoms with van der Waals surface area (Å²) in [6.45, 7) is -2.27. The molecule has 2 amide bonds. The van der Waals surface area contributed by atoms with Crippen LogP contribution in [-0.2, 0) is 14.3 Å². The van der Waals surface area contributed by atoms with Crippen LogP contribution >= 0.6 is 0 Å². The van der Waals surface area contributed by atoms with Crippen LogP contribution in [0.4, 0.5) is 14.5 Å². The van der Waals surface area contributed by atoms with E-state index in [1.807, 2.05) is 0 Å². The van der Waals surface area contributed by atoms with E-state index in [0.717, 1.165) is 0 Å². The van der Waals surface area contributed by atoms with E-state index in [1.54, 1.807) is 30.3 Å². The second-order valence-electron chi connectivity index (χ2n) is 5.54. The maximum atomic E-state index is 12.4. The molecule has 1 atom stereocenters. The van der Waals surface area contributed by atoms with E-state index in [-0.39, 0.29) is 11.3 Å². The summed E-state index contributed by atoms with van der Waals surface area (Å²) in [4.78, 5) is 35.9. The molecule has 0 radical (unpaired) electrons. The van der Waals surface area contributed by atoms with Crippen LogP contribution in [-0.4, -0.2) is 37.0 Å². The lowest BCUT2D eigenvalue weighted by molar-refractivity contribution is -0.152. The lowest BCUT2D eigenvalue weighted by Gasteiger charge is -2.14. The fraction of sp³-hybridized carbons (Fsp3) is 0.211. The Morgan fingerprint density at radius 3 is 2.32 bits per heavy atom. The highest BCUT2D eigenvalue weighted by molar-refractivity contribution is 5.99. The van der Waals surface area contributed by atoms with Gasteiger partial charge in [-0.15, -0.1) is 0 Å². The van der Waals surface area contributed by atoms with Gasteiger partial charge in [0.1, 0.15) is 12.3 Å². The van der Waals surface area contributed by atoms with Crippen molar-refractivity contribution in [3.8, 4) is 5.75 Å². The molecular weight excluding hydrogens is 374 g/mol. The molecule has 0 aliphatic carbocycles. The van der Waals surface area contributed by atoms with Crippen LogP contribution in [0, 0.1) is 0 Å². The predicted molar refractivity (Wildman–Crippen MR) is 96.0 cm³/mol. The molecule has 0 aliphatic heterocycles. The van der Waals surface area contributed by atoms with Gasteiger partial charge < -0.3 is 20.1 Å². The molecule has 0 aromatic heterocycles. The number of amides is 2. The van der Waals surface area contributed by atoms with Crippen LogP contribution in [0.1, 0.15) is 17.3 Å². The zero-order chi connectivity index (χ0) is 20.5. The van der Waals surface area contributed by atoms with Crippen LogP contribution in [0.3, 0.4) is 0 Å². The number of esters is 1. The third-order valence-corrected chi connectivity index (χ3v) is 3.46. The van der Waals surface area contributed by atoms with Crippen molar-refractivity contribution in [2.45, 2.75) is 19.6 Å². The number of carbonyl (C=O) groups is 3. The second kappa shape index (κ2) is 10.0. The first-order valence-electron chi connectivity index (χ1n) is 8.24. The third kappa shape index (κ3) is 6.35. The molecule has 7 nitrogen and oxygen atoms in total. The third-order valence-electron chi connectivity index (χ3n) is 3.46. The van der Waals surface area contributed by atoms with Crippen molar-refractivity contribution in [1.29, 1.82) is 0 Å². The van der Waals surface area contributed by atoms with Crippen LogP contribution in [0.25, 0.3) is 0 Å². The maximum Gasteiger partial charge on any atom is 0.387 e. The highest BCUT2D eigenvalue weighted by Gasteiger charge is 2.20. The molecule has 0 fully saturated rings. The first kappa shape index (κ1) is 20.8. The van der Waals surface area contributed by atoms with Gasteiger partial charge >= 0.3 is 12.6 Å². The summed E-state index contributed by atoms with van der Waals surface area (Å²) in [5.41, 5.74) is 0.379. The number of hydrogen-bond donors (Lipinski definition) is 2. The second-order valence-corrected chi connectivity index (χ2v) is 5.54. The van der Waals surface area contributed by atoms with E-state index in [2.05, 4.69) is 15.4 Å². The molecule has 2 rings (SSSR count). The lowest BCUT2D eigenvalue weighted by atomic mass is 10.2. The van der Waals surface area contributed by atoms with Gasteiger partial charge in [0.05, 0.1) is 5.56 Å². The summed E-state index contributed by atoms with van der Waals surface area (Å²) in [7, 11) is 0. The Morgan fingerprint density at radius 2 is 1.64 bits per heavy atom. The van der Waals surface area contributed by atoms with Gasteiger partial charge in [-0.1, -0.05) is 30.3 Å². The van der Waals surface area contributed by atoms with Gasteiger partial charge in [0, 0.05) is 5.69 Å². The van der Waals surface area contributed by atoms with E-state index in [1.165, 1.54) is 31.2 Å². The smallest absolute Gasteiger partial charge is 0.387 e. The lowest BCUT2D eigenvalue weighted by Crippen LogP contribution is -2.36. The molecule has 0 bridgehead atoms. The molecule has 2 N–H and O–H groups in total. The maximum absolute atomic E-state index is 12.4. The van der Waals surface area contributed by atoms with Crippen molar-refractivity contribution in [3.63, 3.8) is 0 Å². The number of para-hydroxylation sites is 2. The molecule has 148 valence electrons. The van der Waals surface area contributed by atoms with Crippen molar-refractivity contribution >= 4 is 23.5 Å². The quantitative estimate of drug-likeness (QED) is 0.674. The average Bonchev–Trinajstić information content (AvgIpc) is 2.66. The molecular formula is C19H18F2N2O5. The number of hydrogen-bond acceptors (Lipinski definition) is 5. The Bertz CT molecular complexity index is 830. The monoisotopic (exact) mass is 392 g/mol. The highest BCUT2D eigenvalue weighted by Crippen LogP contribution is 2.20. The molecule has 9 heteroatoms. The highest BCUT2D eigenvalue weighted by atomic mass is 19.3. The van der Waals surface area contributed by atoms with Gasteiger partial charge in [0.25, 0.3) is 11.8 Å². The van der Waals surface area contributed by atoms with Crippen LogP contribution in [0.5, 0.6) is 5.75 Å². The summed E-state index contributed by atoms with van der Waals surface area (Å²) in [5, 5.41) is 4.81. The first-order valence-corrected chi connectivity index (χ1v) is 8.24. The summed E-state index contributed by atoms with van der Waals surface area (Å²) in [5.74, 6) is -2.52. The predicted octanol–water partition coefficient (Wildman–Crippen LogP) is 2.59. The Balaban J connectivity index is 1.85. The van der Waals surface area contributed by atoms with Crippen molar-refractivity contribution in [2.75, 3.05) is 11.9 Å². The minimum Gasteiger partial charge on any atom is -0.451 e. The summed E-state index contributed by atoms with van der Waals surface area (Å²) < 4.78 is 34.0. The van der Waals surface area contributed by atoms with Crippen molar-refractivity contribution in [1.82, 2.24) is 5.32 Å². The summed E-state index contributed by atoms with van der Waals surface area (Å²) in [6, 6.07) is 14.0. The molecule has 0 heterocycles. The molecule has 0 saturated heterocycles. The van der Waals surface area contributed by atoms with Crippen LogP contribution in [0.15, 0.2) is 54.6 Å². The largest absolute Gasteiger partial charge is 0.451 e. The Kier molecular flexibility index (Phi) is 7.44. The standard InChI is InChI=1S/C19H18F2N2O5/c1-12(17(25)23-13-7-3-2-4-8-13)27-16(24)11-22-18(26)14-9-5-6-10-15(14)28-19(20)21/h2-10,12,19H,11H2,1H3,(H,22,26)(H,23,25)/t12-/m0/s1. The van der Waals surface area contributed by atoms with E-state index < -0.39 is 37.0 Å². The van der Waals surface area contributed by atoms with E-state index >= 15 is 0 Å². The molecule has 0 aliphatic rings. The fourth-order valence-corrected chi connectivity index (χ4v) is 2.16. The molecule has 2 aromatic rings. The average molecular weight is 392 g/mol. The van der Waals surface area contributed by atoms with Gasteiger partial charge in [-0.2, -0.15) is 8.78 Å². The summed E-state index contributed by atoms with van der Waals surface area (Å²) >= 11 is 0. The zero-order valence-corrected chi connectivity index (χ0v) is 14.9. The minimum absolute atomic E-state index is 0.162. The van der Waals surface area contributed by atoms with E-state index in [9.17, 15) is 23.2 Å². The SMILES string of the molecule is C[C@H](OC(=O)CNC(=O)c1ccccc1OC(F)F)C(=O)Nc1ccccc1. The van der Waals surface area contributed by atoms with Gasteiger partial charge in [-0.05, 0) is 31.2 Å². The van der Waals surface area contributed by atoms with Gasteiger partial charge in [-0.25, -0.2) is 0 Å². The first-order chi connectivity index (χ1) is 13.4. The molecule has 28 heavy (non-hydrogen) atoms. The molecule has 2 aromatic carbocycles. The Labute approximate surface area is 159 Å². The van der Waals surface area contributed by atoms with Gasteiger partial charge in [0.2, 0.25) is 0 Å².